The molecule has 1 amide bonds. The van der Waals surface area contributed by atoms with Crippen molar-refractivity contribution in [1.82, 2.24) is 14.8 Å². The number of esters is 1. The maximum Gasteiger partial charge on any atom is 0.360 e. The molecule has 0 spiro atoms. The van der Waals surface area contributed by atoms with Gasteiger partial charge < -0.3 is 4.74 Å². The molecule has 2 heterocycles. The average molecular weight is 409 g/mol. The van der Waals surface area contributed by atoms with Crippen molar-refractivity contribution in [3.8, 4) is 0 Å². The summed E-state index contributed by atoms with van der Waals surface area (Å²) >= 11 is 7.27. The van der Waals surface area contributed by atoms with E-state index in [-0.39, 0.29) is 23.6 Å². The Morgan fingerprint density at radius 2 is 2.19 bits per heavy atom. The number of thiazole rings is 1. The first-order valence-electron chi connectivity index (χ1n) is 8.61. The first kappa shape index (κ1) is 19.6. The standard InChI is InChI=1S/C18H21ClN4O3S/c1-5-26-16(25)12-13-14(23(22-12)18(2,3)4)20-17(27-13)21-15(24)10-7-6-8-11(19)9-10/h6-7,9,11H,5,8H2,1-4H3,(H,20,21,24). The van der Waals surface area contributed by atoms with Crippen LogP contribution in [-0.2, 0) is 15.1 Å². The number of ether oxygens (including phenoxy) is 1. The normalized spacial score (nSPS) is 17.1. The lowest BCUT2D eigenvalue weighted by Gasteiger charge is -2.19. The number of halogens is 1. The van der Waals surface area contributed by atoms with Gasteiger partial charge in [0.15, 0.2) is 16.5 Å². The average Bonchev–Trinajstić information content (AvgIpc) is 3.12. The van der Waals surface area contributed by atoms with Crippen LogP contribution in [0.15, 0.2) is 23.8 Å². The summed E-state index contributed by atoms with van der Waals surface area (Å²) in [4.78, 5) is 29.2. The maximum absolute atomic E-state index is 12.5. The molecule has 1 atom stereocenters. The van der Waals surface area contributed by atoms with E-state index in [0.717, 1.165) is 0 Å². The lowest BCUT2D eigenvalue weighted by atomic mass is 10.1. The van der Waals surface area contributed by atoms with Crippen molar-refractivity contribution in [2.75, 3.05) is 11.9 Å². The number of allylic oxidation sites excluding steroid dienone is 2. The Hall–Kier alpha value is -2.19. The number of aromatic nitrogens is 3. The molecule has 1 N–H and O–H groups in total. The number of nitrogens with one attached hydrogen (secondary N) is 1. The van der Waals surface area contributed by atoms with Gasteiger partial charge in [0.2, 0.25) is 0 Å². The minimum absolute atomic E-state index is 0.198. The largest absolute Gasteiger partial charge is 0.461 e. The Kier molecular flexibility index (Phi) is 5.39. The highest BCUT2D eigenvalue weighted by Crippen LogP contribution is 2.33. The molecule has 3 rings (SSSR count). The van der Waals surface area contributed by atoms with E-state index in [9.17, 15) is 9.59 Å². The fourth-order valence-corrected chi connectivity index (χ4v) is 3.77. The van der Waals surface area contributed by atoms with Gasteiger partial charge in [-0.2, -0.15) is 10.1 Å². The smallest absolute Gasteiger partial charge is 0.360 e. The Balaban J connectivity index is 1.97. The zero-order chi connectivity index (χ0) is 19.8. The zero-order valence-electron chi connectivity index (χ0n) is 15.6. The molecule has 7 nitrogen and oxygen atoms in total. The third kappa shape index (κ3) is 4.06. The molecule has 0 radical (unpaired) electrons. The second kappa shape index (κ2) is 7.44. The molecule has 1 unspecified atom stereocenters. The molecule has 0 bridgehead atoms. The van der Waals surface area contributed by atoms with Crippen molar-refractivity contribution in [1.29, 1.82) is 0 Å². The molecule has 0 saturated carbocycles. The summed E-state index contributed by atoms with van der Waals surface area (Å²) in [7, 11) is 0. The number of hydrogen-bond acceptors (Lipinski definition) is 6. The van der Waals surface area contributed by atoms with Crippen molar-refractivity contribution in [2.45, 2.75) is 45.0 Å². The van der Waals surface area contributed by atoms with Crippen molar-refractivity contribution in [3.63, 3.8) is 0 Å². The van der Waals surface area contributed by atoms with Crippen LogP contribution < -0.4 is 5.32 Å². The number of carbonyl (C=O) groups is 2. The minimum Gasteiger partial charge on any atom is -0.461 e. The Morgan fingerprint density at radius 1 is 1.44 bits per heavy atom. The molecule has 0 saturated heterocycles. The highest BCUT2D eigenvalue weighted by molar-refractivity contribution is 7.22. The van der Waals surface area contributed by atoms with Gasteiger partial charge in [0.25, 0.3) is 5.91 Å². The van der Waals surface area contributed by atoms with Gasteiger partial charge in [0.1, 0.15) is 4.70 Å². The molecular formula is C18H21ClN4O3S. The van der Waals surface area contributed by atoms with Gasteiger partial charge >= 0.3 is 5.97 Å². The summed E-state index contributed by atoms with van der Waals surface area (Å²) in [5.41, 5.74) is 0.842. The van der Waals surface area contributed by atoms with E-state index < -0.39 is 11.5 Å². The van der Waals surface area contributed by atoms with E-state index in [0.29, 0.717) is 27.5 Å². The van der Waals surface area contributed by atoms with E-state index in [1.165, 1.54) is 11.3 Å². The van der Waals surface area contributed by atoms with Gasteiger partial charge in [-0.05, 0) is 34.1 Å². The number of hydrogen-bond donors (Lipinski definition) is 1. The summed E-state index contributed by atoms with van der Waals surface area (Å²) in [5, 5.41) is 7.37. The quantitative estimate of drug-likeness (QED) is 0.613. The van der Waals surface area contributed by atoms with Crippen molar-refractivity contribution in [2.24, 2.45) is 0 Å². The number of nitrogens with zero attached hydrogens (tertiary/aromatic N) is 3. The van der Waals surface area contributed by atoms with Crippen molar-refractivity contribution >= 4 is 50.3 Å². The number of alkyl halides is 1. The van der Waals surface area contributed by atoms with Crippen LogP contribution in [0.2, 0.25) is 0 Å². The van der Waals surface area contributed by atoms with Gasteiger partial charge in [0.05, 0.1) is 17.5 Å². The molecule has 1 aliphatic rings. The molecule has 2 aromatic heterocycles. The van der Waals surface area contributed by atoms with Gasteiger partial charge in [-0.3, -0.25) is 10.1 Å². The fourth-order valence-electron chi connectivity index (χ4n) is 2.62. The number of anilines is 1. The molecule has 27 heavy (non-hydrogen) atoms. The van der Waals surface area contributed by atoms with E-state index in [2.05, 4.69) is 15.4 Å². The number of carbonyl (C=O) groups excluding carboxylic acids is 2. The van der Waals surface area contributed by atoms with Gasteiger partial charge in [-0.1, -0.05) is 29.6 Å². The molecular weight excluding hydrogens is 388 g/mol. The second-order valence-electron chi connectivity index (χ2n) is 7.05. The maximum atomic E-state index is 12.5. The summed E-state index contributed by atoms with van der Waals surface area (Å²) in [5.74, 6) is -0.795. The summed E-state index contributed by atoms with van der Waals surface area (Å²) in [6.45, 7) is 7.88. The molecule has 0 aromatic carbocycles. The Bertz CT molecular complexity index is 952. The van der Waals surface area contributed by atoms with Crippen molar-refractivity contribution in [3.05, 3.63) is 29.5 Å². The lowest BCUT2D eigenvalue weighted by Crippen LogP contribution is -2.24. The SMILES string of the molecule is CCOC(=O)c1nn(C(C)(C)C)c2nc(NC(=O)C3=CC(Cl)CC=C3)sc12. The third-order valence-corrected chi connectivity index (χ3v) is 5.10. The lowest BCUT2D eigenvalue weighted by molar-refractivity contribution is -0.112. The molecule has 1 aliphatic carbocycles. The second-order valence-corrected chi connectivity index (χ2v) is 8.61. The summed E-state index contributed by atoms with van der Waals surface area (Å²) in [6, 6.07) is 0. The van der Waals surface area contributed by atoms with Crippen LogP contribution in [-0.4, -0.2) is 38.6 Å². The van der Waals surface area contributed by atoms with Crippen LogP contribution in [0.1, 0.15) is 44.6 Å². The van der Waals surface area contributed by atoms with Crippen molar-refractivity contribution < 1.29 is 14.3 Å². The zero-order valence-corrected chi connectivity index (χ0v) is 17.1. The number of rotatable bonds is 4. The Labute approximate surface area is 166 Å². The number of amides is 1. The first-order chi connectivity index (χ1) is 12.7. The highest BCUT2D eigenvalue weighted by atomic mass is 35.5. The minimum atomic E-state index is -0.505. The predicted octanol–water partition coefficient (Wildman–Crippen LogP) is 3.86. The number of fused-ring (bicyclic) bond motifs is 1. The summed E-state index contributed by atoms with van der Waals surface area (Å²) < 4.78 is 7.36. The van der Waals surface area contributed by atoms with Gasteiger partial charge in [0, 0.05) is 5.57 Å². The van der Waals surface area contributed by atoms with Crippen LogP contribution in [0.4, 0.5) is 5.13 Å². The topological polar surface area (TPSA) is 86.1 Å². The van der Waals surface area contributed by atoms with Gasteiger partial charge in [-0.15, -0.1) is 11.6 Å². The van der Waals surface area contributed by atoms with Gasteiger partial charge in [-0.25, -0.2) is 9.48 Å². The van der Waals surface area contributed by atoms with E-state index in [1.807, 2.05) is 26.8 Å². The fraction of sp³-hybridized carbons (Fsp3) is 0.444. The molecule has 144 valence electrons. The van der Waals surface area contributed by atoms with Crippen LogP contribution in [0, 0.1) is 0 Å². The molecule has 0 aliphatic heterocycles. The van der Waals surface area contributed by atoms with Crippen LogP contribution in [0.3, 0.4) is 0 Å². The summed E-state index contributed by atoms with van der Waals surface area (Å²) in [6.07, 6.45) is 6.01. The predicted molar refractivity (Wildman–Crippen MR) is 106 cm³/mol. The van der Waals surface area contributed by atoms with Crippen LogP contribution in [0.25, 0.3) is 10.3 Å². The van der Waals surface area contributed by atoms with E-state index >= 15 is 0 Å². The molecule has 2 aromatic rings. The van der Waals surface area contributed by atoms with Crippen LogP contribution in [0.5, 0.6) is 0 Å². The monoisotopic (exact) mass is 408 g/mol. The van der Waals surface area contributed by atoms with E-state index in [1.54, 1.807) is 23.8 Å². The first-order valence-corrected chi connectivity index (χ1v) is 9.87. The molecule has 9 heteroatoms. The molecule has 0 fully saturated rings. The highest BCUT2D eigenvalue weighted by Gasteiger charge is 2.28. The van der Waals surface area contributed by atoms with Crippen LogP contribution >= 0.6 is 22.9 Å². The Morgan fingerprint density at radius 3 is 2.81 bits per heavy atom. The third-order valence-electron chi connectivity index (χ3n) is 3.83. The van der Waals surface area contributed by atoms with E-state index in [4.69, 9.17) is 16.3 Å².